The molecule has 7 heteroatoms. The molecule has 130 valence electrons. The van der Waals surface area contributed by atoms with Crippen molar-refractivity contribution in [2.24, 2.45) is 5.73 Å². The second kappa shape index (κ2) is 8.49. The second-order valence-electron chi connectivity index (χ2n) is 5.38. The highest BCUT2D eigenvalue weighted by Gasteiger charge is 2.05. The molecule has 2 rings (SSSR count). The minimum atomic E-state index is -0.508. The van der Waals surface area contributed by atoms with Gasteiger partial charge in [0.2, 0.25) is 5.91 Å². The maximum absolute atomic E-state index is 11.9. The van der Waals surface area contributed by atoms with Crippen LogP contribution >= 0.6 is 0 Å². The number of hydrogen-bond acceptors (Lipinski definition) is 3. The number of primary amides is 1. The summed E-state index contributed by atoms with van der Waals surface area (Å²) in [6.45, 7) is 0.615. The number of urea groups is 1. The van der Waals surface area contributed by atoms with Crippen LogP contribution in [-0.2, 0) is 13.1 Å². The van der Waals surface area contributed by atoms with Crippen LogP contribution in [0.15, 0.2) is 48.5 Å². The Bertz CT molecular complexity index is 772. The molecule has 0 saturated heterocycles. The molecule has 0 aliphatic carbocycles. The van der Waals surface area contributed by atoms with E-state index in [-0.39, 0.29) is 18.5 Å². The van der Waals surface area contributed by atoms with Crippen molar-refractivity contribution in [1.82, 2.24) is 16.0 Å². The number of nitrogens with two attached hydrogens (primary N) is 1. The van der Waals surface area contributed by atoms with Crippen LogP contribution in [0.2, 0.25) is 0 Å². The first-order chi connectivity index (χ1) is 12.0. The van der Waals surface area contributed by atoms with Crippen molar-refractivity contribution in [3.05, 3.63) is 70.8 Å². The first-order valence-corrected chi connectivity index (χ1v) is 7.71. The third kappa shape index (κ3) is 5.35. The summed E-state index contributed by atoms with van der Waals surface area (Å²) >= 11 is 0. The Morgan fingerprint density at radius 3 is 2.12 bits per heavy atom. The van der Waals surface area contributed by atoms with Crippen LogP contribution in [0, 0.1) is 0 Å². The summed E-state index contributed by atoms with van der Waals surface area (Å²) in [4.78, 5) is 34.4. The van der Waals surface area contributed by atoms with Gasteiger partial charge in [0.1, 0.15) is 0 Å². The Kier molecular flexibility index (Phi) is 6.11. The summed E-state index contributed by atoms with van der Waals surface area (Å²) in [5, 5.41) is 7.98. The highest BCUT2D eigenvalue weighted by atomic mass is 16.2. The molecule has 0 bridgehead atoms. The predicted molar refractivity (Wildman–Crippen MR) is 93.9 cm³/mol. The topological polar surface area (TPSA) is 113 Å². The van der Waals surface area contributed by atoms with Gasteiger partial charge < -0.3 is 21.7 Å². The predicted octanol–water partition coefficient (Wildman–Crippen LogP) is 1.14. The molecule has 7 nitrogen and oxygen atoms in total. The number of hydrogen-bond donors (Lipinski definition) is 4. The number of carbonyl (C=O) groups excluding carboxylic acids is 3. The Hall–Kier alpha value is -3.35. The van der Waals surface area contributed by atoms with Gasteiger partial charge in [-0.2, -0.15) is 0 Å². The minimum Gasteiger partial charge on any atom is -0.366 e. The quantitative estimate of drug-likeness (QED) is 0.632. The molecule has 0 fully saturated rings. The lowest BCUT2D eigenvalue weighted by Crippen LogP contribution is -2.34. The first-order valence-electron chi connectivity index (χ1n) is 7.71. The van der Waals surface area contributed by atoms with Gasteiger partial charge in [0.05, 0.1) is 0 Å². The molecule has 0 aromatic heterocycles. The summed E-state index contributed by atoms with van der Waals surface area (Å²) in [5.41, 5.74) is 7.84. The largest absolute Gasteiger partial charge is 0.366 e. The summed E-state index contributed by atoms with van der Waals surface area (Å²) in [5.74, 6) is -0.665. The van der Waals surface area contributed by atoms with E-state index in [0.29, 0.717) is 17.7 Å². The number of carbonyl (C=O) groups is 3. The van der Waals surface area contributed by atoms with Crippen molar-refractivity contribution in [3.63, 3.8) is 0 Å². The monoisotopic (exact) mass is 340 g/mol. The zero-order valence-electron chi connectivity index (χ0n) is 13.8. The molecule has 5 N–H and O–H groups in total. The van der Waals surface area contributed by atoms with E-state index < -0.39 is 5.91 Å². The summed E-state index contributed by atoms with van der Waals surface area (Å²) in [6, 6.07) is 13.4. The Morgan fingerprint density at radius 1 is 0.880 bits per heavy atom. The van der Waals surface area contributed by atoms with E-state index in [0.717, 1.165) is 11.1 Å². The average Bonchev–Trinajstić information content (AvgIpc) is 2.64. The fourth-order valence-corrected chi connectivity index (χ4v) is 2.18. The summed E-state index contributed by atoms with van der Waals surface area (Å²) in [7, 11) is 1.57. The Balaban J connectivity index is 1.81. The standard InChI is InChI=1S/C18H20N4O3/c1-20-17(24)14-7-5-12(6-8-14)10-21-18(25)22-11-13-3-2-4-15(9-13)16(19)23/h2-9H,10-11H2,1H3,(H2,19,23)(H,20,24)(H2,21,22,25). The number of benzene rings is 2. The molecular weight excluding hydrogens is 320 g/mol. The van der Waals surface area contributed by atoms with Crippen LogP contribution in [0.5, 0.6) is 0 Å². The van der Waals surface area contributed by atoms with Crippen LogP contribution in [0.25, 0.3) is 0 Å². The van der Waals surface area contributed by atoms with Crippen LogP contribution < -0.4 is 21.7 Å². The maximum Gasteiger partial charge on any atom is 0.315 e. The van der Waals surface area contributed by atoms with Crippen molar-refractivity contribution >= 4 is 17.8 Å². The summed E-state index contributed by atoms with van der Waals surface area (Å²) in [6.07, 6.45) is 0. The molecule has 4 amide bonds. The fraction of sp³-hybridized carbons (Fsp3) is 0.167. The average molecular weight is 340 g/mol. The lowest BCUT2D eigenvalue weighted by Gasteiger charge is -2.09. The van der Waals surface area contributed by atoms with Gasteiger partial charge in [-0.3, -0.25) is 9.59 Å². The zero-order valence-corrected chi connectivity index (χ0v) is 13.8. The molecule has 0 atom stereocenters. The van der Waals surface area contributed by atoms with E-state index in [1.54, 1.807) is 55.6 Å². The highest BCUT2D eigenvalue weighted by Crippen LogP contribution is 2.05. The lowest BCUT2D eigenvalue weighted by atomic mass is 10.1. The van der Waals surface area contributed by atoms with Gasteiger partial charge in [-0.15, -0.1) is 0 Å². The third-order valence-electron chi connectivity index (χ3n) is 3.56. The number of rotatable bonds is 6. The zero-order chi connectivity index (χ0) is 18.2. The van der Waals surface area contributed by atoms with Crippen LogP contribution in [0.4, 0.5) is 4.79 Å². The van der Waals surface area contributed by atoms with Crippen molar-refractivity contribution in [2.75, 3.05) is 7.05 Å². The molecule has 2 aromatic rings. The molecule has 0 aliphatic heterocycles. The van der Waals surface area contributed by atoms with E-state index in [1.807, 2.05) is 0 Å². The molecule has 0 heterocycles. The molecule has 2 aromatic carbocycles. The molecule has 0 spiro atoms. The number of amides is 4. The minimum absolute atomic E-state index is 0.157. The van der Waals surface area contributed by atoms with Gasteiger partial charge in [-0.05, 0) is 35.4 Å². The molecule has 0 radical (unpaired) electrons. The van der Waals surface area contributed by atoms with Gasteiger partial charge in [-0.25, -0.2) is 4.79 Å². The van der Waals surface area contributed by atoms with Crippen molar-refractivity contribution in [3.8, 4) is 0 Å². The van der Waals surface area contributed by atoms with E-state index in [4.69, 9.17) is 5.73 Å². The van der Waals surface area contributed by atoms with Gasteiger partial charge in [0.15, 0.2) is 0 Å². The Morgan fingerprint density at radius 2 is 1.52 bits per heavy atom. The molecule has 0 saturated carbocycles. The van der Waals surface area contributed by atoms with Crippen LogP contribution in [-0.4, -0.2) is 24.9 Å². The fourth-order valence-electron chi connectivity index (χ4n) is 2.18. The van der Waals surface area contributed by atoms with E-state index in [2.05, 4.69) is 16.0 Å². The Labute approximate surface area is 145 Å². The summed E-state index contributed by atoms with van der Waals surface area (Å²) < 4.78 is 0. The molecule has 25 heavy (non-hydrogen) atoms. The SMILES string of the molecule is CNC(=O)c1ccc(CNC(=O)NCc2cccc(C(N)=O)c2)cc1. The van der Waals surface area contributed by atoms with E-state index in [9.17, 15) is 14.4 Å². The van der Waals surface area contributed by atoms with Crippen LogP contribution in [0.3, 0.4) is 0 Å². The van der Waals surface area contributed by atoms with Crippen LogP contribution in [0.1, 0.15) is 31.8 Å². The van der Waals surface area contributed by atoms with E-state index >= 15 is 0 Å². The van der Waals surface area contributed by atoms with Crippen molar-refractivity contribution in [2.45, 2.75) is 13.1 Å². The van der Waals surface area contributed by atoms with E-state index in [1.165, 1.54) is 0 Å². The van der Waals surface area contributed by atoms with Gasteiger partial charge in [0.25, 0.3) is 5.91 Å². The van der Waals surface area contributed by atoms with Gasteiger partial charge in [-0.1, -0.05) is 24.3 Å². The van der Waals surface area contributed by atoms with Gasteiger partial charge in [0, 0.05) is 31.3 Å². The smallest absolute Gasteiger partial charge is 0.315 e. The molecule has 0 unspecified atom stereocenters. The number of nitrogens with one attached hydrogen (secondary N) is 3. The molecule has 0 aliphatic rings. The molecular formula is C18H20N4O3. The third-order valence-corrected chi connectivity index (χ3v) is 3.56. The van der Waals surface area contributed by atoms with Crippen molar-refractivity contribution in [1.29, 1.82) is 0 Å². The lowest BCUT2D eigenvalue weighted by molar-refractivity contribution is 0.0961. The second-order valence-corrected chi connectivity index (χ2v) is 5.38. The van der Waals surface area contributed by atoms with Crippen molar-refractivity contribution < 1.29 is 14.4 Å². The van der Waals surface area contributed by atoms with Gasteiger partial charge >= 0.3 is 6.03 Å². The maximum atomic E-state index is 11.9. The first kappa shape index (κ1) is 18.0. The normalized spacial score (nSPS) is 9.96. The highest BCUT2D eigenvalue weighted by molar-refractivity contribution is 5.94.